The van der Waals surface area contributed by atoms with Crippen LogP contribution in [-0.2, 0) is 0 Å². The van der Waals surface area contributed by atoms with Crippen LogP contribution < -0.4 is 0 Å². The van der Waals surface area contributed by atoms with Gasteiger partial charge >= 0.3 is 0 Å². The van der Waals surface area contributed by atoms with Gasteiger partial charge in [-0.2, -0.15) is 0 Å². The molecule has 1 aromatic heterocycles. The zero-order valence-electron chi connectivity index (χ0n) is 15.5. The molecule has 5 heteroatoms. The molecule has 0 unspecified atom stereocenters. The summed E-state index contributed by atoms with van der Waals surface area (Å²) in [6, 6.07) is 13.8. The zero-order chi connectivity index (χ0) is 18.8. The molecule has 1 aliphatic rings. The molecule has 2 aromatic carbocycles. The number of piperidine rings is 1. The minimum absolute atomic E-state index is 0.0494. The van der Waals surface area contributed by atoms with E-state index in [0.717, 1.165) is 48.0 Å². The molecule has 27 heavy (non-hydrogen) atoms. The van der Waals surface area contributed by atoms with Crippen molar-refractivity contribution >= 4 is 17.0 Å². The van der Waals surface area contributed by atoms with Crippen LogP contribution >= 0.6 is 0 Å². The topological polar surface area (TPSA) is 66.6 Å². The smallest absolute Gasteiger partial charge is 0.254 e. The maximum absolute atomic E-state index is 13.1. The summed E-state index contributed by atoms with van der Waals surface area (Å²) in [5, 5.41) is 9.32. The van der Waals surface area contributed by atoms with Crippen LogP contribution in [0.5, 0.6) is 0 Å². The molecule has 140 valence electrons. The van der Waals surface area contributed by atoms with Gasteiger partial charge in [-0.15, -0.1) is 0 Å². The molecule has 1 saturated heterocycles. The summed E-state index contributed by atoms with van der Waals surface area (Å²) < 4.78 is 5.54. The van der Waals surface area contributed by atoms with E-state index >= 15 is 0 Å². The SMILES string of the molecule is Cc1nc2cc(-c3cccc(C(=O)N4CCCC[C@H]4CCO)c3)ccc2o1. The molecule has 5 nitrogen and oxygen atoms in total. The van der Waals surface area contributed by atoms with E-state index in [2.05, 4.69) is 4.98 Å². The Labute approximate surface area is 158 Å². The second-order valence-corrected chi connectivity index (χ2v) is 7.16. The first-order valence-corrected chi connectivity index (χ1v) is 9.55. The molecule has 0 bridgehead atoms. The number of benzene rings is 2. The number of hydrogen-bond acceptors (Lipinski definition) is 4. The molecule has 0 spiro atoms. The lowest BCUT2D eigenvalue weighted by molar-refractivity contribution is 0.0574. The summed E-state index contributed by atoms with van der Waals surface area (Å²) in [4.78, 5) is 19.4. The predicted octanol–water partition coefficient (Wildman–Crippen LogP) is 4.18. The highest BCUT2D eigenvalue weighted by Gasteiger charge is 2.27. The standard InChI is InChI=1S/C22H24N2O3/c1-15-23-20-14-17(8-9-21(20)27-15)16-5-4-6-18(13-16)22(26)24-11-3-2-7-19(24)10-12-25/h4-6,8-9,13-14,19,25H,2-3,7,10-12H2,1H3/t19-/m0/s1. The Hall–Kier alpha value is -2.66. The van der Waals surface area contributed by atoms with Gasteiger partial charge in [0.05, 0.1) is 0 Å². The minimum Gasteiger partial charge on any atom is -0.441 e. The summed E-state index contributed by atoms with van der Waals surface area (Å²) >= 11 is 0. The highest BCUT2D eigenvalue weighted by molar-refractivity contribution is 5.96. The van der Waals surface area contributed by atoms with Crippen molar-refractivity contribution in [2.24, 2.45) is 0 Å². The van der Waals surface area contributed by atoms with E-state index in [1.54, 1.807) is 0 Å². The number of carbonyl (C=O) groups excluding carboxylic acids is 1. The molecule has 1 N–H and O–H groups in total. The number of carbonyl (C=O) groups is 1. The van der Waals surface area contributed by atoms with Crippen LogP contribution in [0.2, 0.25) is 0 Å². The Kier molecular flexibility index (Phi) is 4.94. The van der Waals surface area contributed by atoms with Crippen molar-refractivity contribution in [3.63, 3.8) is 0 Å². The monoisotopic (exact) mass is 364 g/mol. The molecular formula is C22H24N2O3. The molecule has 0 saturated carbocycles. The van der Waals surface area contributed by atoms with Crippen molar-refractivity contribution in [1.82, 2.24) is 9.88 Å². The third-order valence-corrected chi connectivity index (χ3v) is 5.29. The van der Waals surface area contributed by atoms with Crippen LogP contribution in [0.25, 0.3) is 22.2 Å². The average Bonchev–Trinajstić information content (AvgIpc) is 3.07. The first-order chi connectivity index (χ1) is 13.2. The Balaban J connectivity index is 1.63. The number of aliphatic hydroxyl groups is 1. The molecule has 1 atom stereocenters. The van der Waals surface area contributed by atoms with Crippen LogP contribution in [0.4, 0.5) is 0 Å². The molecule has 0 aliphatic carbocycles. The number of nitrogens with zero attached hydrogens (tertiary/aromatic N) is 2. The molecule has 4 rings (SSSR count). The molecular weight excluding hydrogens is 340 g/mol. The normalized spacial score (nSPS) is 17.4. The number of aryl methyl sites for hydroxylation is 1. The predicted molar refractivity (Wildman–Crippen MR) is 105 cm³/mol. The number of rotatable bonds is 4. The largest absolute Gasteiger partial charge is 0.441 e. The molecule has 0 radical (unpaired) electrons. The van der Waals surface area contributed by atoms with Gasteiger partial charge in [-0.1, -0.05) is 18.2 Å². The van der Waals surface area contributed by atoms with E-state index in [1.807, 2.05) is 54.3 Å². The van der Waals surface area contributed by atoms with Crippen molar-refractivity contribution in [3.8, 4) is 11.1 Å². The van der Waals surface area contributed by atoms with Crippen molar-refractivity contribution in [1.29, 1.82) is 0 Å². The van der Waals surface area contributed by atoms with E-state index in [1.165, 1.54) is 0 Å². The van der Waals surface area contributed by atoms with Gasteiger partial charge in [-0.3, -0.25) is 4.79 Å². The van der Waals surface area contributed by atoms with E-state index in [9.17, 15) is 9.90 Å². The Bertz CT molecular complexity index is 961. The van der Waals surface area contributed by atoms with Crippen LogP contribution in [0, 0.1) is 6.92 Å². The lowest BCUT2D eigenvalue weighted by Gasteiger charge is -2.35. The number of hydrogen-bond donors (Lipinski definition) is 1. The van der Waals surface area contributed by atoms with Crippen molar-refractivity contribution < 1.29 is 14.3 Å². The van der Waals surface area contributed by atoms with Crippen LogP contribution in [0.15, 0.2) is 46.9 Å². The first kappa shape index (κ1) is 17.7. The Morgan fingerprint density at radius 3 is 2.93 bits per heavy atom. The molecule has 2 heterocycles. The van der Waals surface area contributed by atoms with Crippen LogP contribution in [0.1, 0.15) is 41.9 Å². The number of oxazole rings is 1. The number of likely N-dealkylation sites (tertiary alicyclic amines) is 1. The second kappa shape index (κ2) is 7.53. The molecule has 1 aliphatic heterocycles. The number of amides is 1. The summed E-state index contributed by atoms with van der Waals surface area (Å²) in [6.07, 6.45) is 3.75. The van der Waals surface area contributed by atoms with Crippen molar-refractivity contribution in [3.05, 3.63) is 53.9 Å². The highest BCUT2D eigenvalue weighted by atomic mass is 16.3. The second-order valence-electron chi connectivity index (χ2n) is 7.16. The summed E-state index contributed by atoms with van der Waals surface area (Å²) in [6.45, 7) is 2.71. The highest BCUT2D eigenvalue weighted by Crippen LogP contribution is 2.27. The van der Waals surface area contributed by atoms with Gasteiger partial charge in [0.2, 0.25) is 0 Å². The van der Waals surface area contributed by atoms with Gasteiger partial charge in [0, 0.05) is 31.7 Å². The molecule has 1 fully saturated rings. The maximum atomic E-state index is 13.1. The fourth-order valence-corrected chi connectivity index (χ4v) is 3.94. The maximum Gasteiger partial charge on any atom is 0.254 e. The van der Waals surface area contributed by atoms with E-state index < -0.39 is 0 Å². The first-order valence-electron chi connectivity index (χ1n) is 9.55. The molecule has 1 amide bonds. The van der Waals surface area contributed by atoms with Gasteiger partial charge in [-0.05, 0) is 61.1 Å². The lowest BCUT2D eigenvalue weighted by Crippen LogP contribution is -2.44. The zero-order valence-corrected chi connectivity index (χ0v) is 15.5. The van der Waals surface area contributed by atoms with Gasteiger partial charge in [-0.25, -0.2) is 4.98 Å². The summed E-state index contributed by atoms with van der Waals surface area (Å²) in [7, 11) is 0. The fourth-order valence-electron chi connectivity index (χ4n) is 3.94. The third-order valence-electron chi connectivity index (χ3n) is 5.29. The third kappa shape index (κ3) is 3.60. The average molecular weight is 364 g/mol. The van der Waals surface area contributed by atoms with Crippen molar-refractivity contribution in [2.75, 3.05) is 13.2 Å². The molecule has 3 aromatic rings. The lowest BCUT2D eigenvalue weighted by atomic mass is 9.97. The van der Waals surface area contributed by atoms with E-state index in [0.29, 0.717) is 17.9 Å². The number of aliphatic hydroxyl groups excluding tert-OH is 1. The van der Waals surface area contributed by atoms with Gasteiger partial charge in [0.25, 0.3) is 5.91 Å². The Morgan fingerprint density at radius 2 is 2.07 bits per heavy atom. The van der Waals surface area contributed by atoms with Crippen molar-refractivity contribution in [2.45, 2.75) is 38.6 Å². The minimum atomic E-state index is 0.0494. The quantitative estimate of drug-likeness (QED) is 0.754. The van der Waals surface area contributed by atoms with E-state index in [4.69, 9.17) is 4.42 Å². The van der Waals surface area contributed by atoms with Gasteiger partial charge in [0.15, 0.2) is 11.5 Å². The van der Waals surface area contributed by atoms with Crippen LogP contribution in [-0.4, -0.2) is 40.1 Å². The number of fused-ring (bicyclic) bond motifs is 1. The summed E-state index contributed by atoms with van der Waals surface area (Å²) in [5.74, 6) is 0.694. The van der Waals surface area contributed by atoms with Crippen LogP contribution in [0.3, 0.4) is 0 Å². The van der Waals surface area contributed by atoms with Gasteiger partial charge in [0.1, 0.15) is 5.52 Å². The van der Waals surface area contributed by atoms with Gasteiger partial charge < -0.3 is 14.4 Å². The number of aromatic nitrogens is 1. The summed E-state index contributed by atoms with van der Waals surface area (Å²) in [5.41, 5.74) is 4.27. The Morgan fingerprint density at radius 1 is 1.22 bits per heavy atom. The van der Waals surface area contributed by atoms with E-state index in [-0.39, 0.29) is 18.6 Å². The fraction of sp³-hybridized carbons (Fsp3) is 0.364.